The number of amides is 1. The molecule has 0 aliphatic carbocycles. The number of halogens is 3. The minimum Gasteiger partial charge on any atom is -0.352 e. The van der Waals surface area contributed by atoms with Gasteiger partial charge in [-0.15, -0.1) is 0 Å². The minimum absolute atomic E-state index is 0.210. The zero-order valence-electron chi connectivity index (χ0n) is 18.0. The van der Waals surface area contributed by atoms with Crippen LogP contribution < -0.4 is 5.32 Å². The molecule has 0 spiro atoms. The van der Waals surface area contributed by atoms with E-state index in [1.807, 2.05) is 28.8 Å². The van der Waals surface area contributed by atoms with Crippen LogP contribution >= 0.6 is 11.6 Å². The van der Waals surface area contributed by atoms with Gasteiger partial charge in [-0.2, -0.15) is 0 Å². The standard InChI is InChI=1S/C26H24ClF2N3O/c27-21-7-6-8-22(29)20(21)17-32-24-10-4-3-9-23(24)31-25(32)11-2-1-5-16-30-26(33)18-12-14-19(28)15-13-18/h3-4,6-10,12-15H,1-2,5,11,16-17H2,(H,30,33). The maximum absolute atomic E-state index is 14.4. The molecule has 0 saturated carbocycles. The third-order valence-corrected chi connectivity index (χ3v) is 5.93. The summed E-state index contributed by atoms with van der Waals surface area (Å²) in [6.45, 7) is 0.854. The van der Waals surface area contributed by atoms with Crippen molar-refractivity contribution in [2.24, 2.45) is 0 Å². The van der Waals surface area contributed by atoms with Crippen molar-refractivity contribution in [2.75, 3.05) is 6.54 Å². The van der Waals surface area contributed by atoms with Crippen LogP contribution in [0.4, 0.5) is 8.78 Å². The van der Waals surface area contributed by atoms with Crippen molar-refractivity contribution in [3.63, 3.8) is 0 Å². The molecular weight excluding hydrogens is 444 g/mol. The Morgan fingerprint density at radius 2 is 1.73 bits per heavy atom. The predicted molar refractivity (Wildman–Crippen MR) is 127 cm³/mol. The monoisotopic (exact) mass is 467 g/mol. The molecule has 3 aromatic carbocycles. The van der Waals surface area contributed by atoms with Gasteiger partial charge in [-0.1, -0.05) is 36.2 Å². The Kier molecular flexibility index (Phi) is 7.35. The third-order valence-electron chi connectivity index (χ3n) is 5.58. The number of aromatic nitrogens is 2. The van der Waals surface area contributed by atoms with E-state index in [0.717, 1.165) is 42.5 Å². The first-order valence-electron chi connectivity index (χ1n) is 10.9. The molecule has 0 fully saturated rings. The maximum atomic E-state index is 14.4. The van der Waals surface area contributed by atoms with E-state index in [-0.39, 0.29) is 17.5 Å². The number of imidazole rings is 1. The molecule has 170 valence electrons. The molecule has 7 heteroatoms. The molecule has 0 saturated heterocycles. The number of nitrogens with one attached hydrogen (secondary N) is 1. The Morgan fingerprint density at radius 1 is 0.939 bits per heavy atom. The average Bonchev–Trinajstić information content (AvgIpc) is 3.16. The summed E-state index contributed by atoms with van der Waals surface area (Å²) >= 11 is 6.26. The van der Waals surface area contributed by atoms with E-state index < -0.39 is 0 Å². The summed E-state index contributed by atoms with van der Waals surface area (Å²) in [6.07, 6.45) is 3.31. The molecule has 1 amide bonds. The summed E-state index contributed by atoms with van der Waals surface area (Å²) in [5.74, 6) is -0.0256. The van der Waals surface area contributed by atoms with Gasteiger partial charge in [0.05, 0.1) is 17.6 Å². The number of hydrogen-bond donors (Lipinski definition) is 1. The van der Waals surface area contributed by atoms with Crippen LogP contribution in [0.5, 0.6) is 0 Å². The van der Waals surface area contributed by atoms with Gasteiger partial charge in [-0.25, -0.2) is 13.8 Å². The molecule has 0 aliphatic rings. The Balaban J connectivity index is 1.35. The summed E-state index contributed by atoms with van der Waals surface area (Å²) < 4.78 is 29.4. The second-order valence-corrected chi connectivity index (χ2v) is 8.28. The minimum atomic E-state index is -0.366. The van der Waals surface area contributed by atoms with Crippen molar-refractivity contribution in [1.29, 1.82) is 0 Å². The summed E-state index contributed by atoms with van der Waals surface area (Å²) in [6, 6.07) is 18.0. The lowest BCUT2D eigenvalue weighted by Gasteiger charge is -2.12. The van der Waals surface area contributed by atoms with Gasteiger partial charge in [0, 0.05) is 29.1 Å². The van der Waals surface area contributed by atoms with E-state index in [1.54, 1.807) is 12.1 Å². The van der Waals surface area contributed by atoms with Crippen molar-refractivity contribution in [1.82, 2.24) is 14.9 Å². The summed E-state index contributed by atoms with van der Waals surface area (Å²) in [5, 5.41) is 3.26. The Hall–Kier alpha value is -3.25. The first-order valence-corrected chi connectivity index (χ1v) is 11.3. The van der Waals surface area contributed by atoms with E-state index in [4.69, 9.17) is 16.6 Å². The number of nitrogens with zero attached hydrogens (tertiary/aromatic N) is 2. The molecule has 0 aliphatic heterocycles. The Bertz CT molecular complexity index is 1230. The van der Waals surface area contributed by atoms with Crippen LogP contribution in [-0.2, 0) is 13.0 Å². The molecule has 1 N–H and O–H groups in total. The zero-order chi connectivity index (χ0) is 23.2. The topological polar surface area (TPSA) is 46.9 Å². The number of aryl methyl sites for hydroxylation is 1. The van der Waals surface area contributed by atoms with Crippen molar-refractivity contribution in [2.45, 2.75) is 32.2 Å². The molecule has 4 rings (SSSR count). The lowest BCUT2D eigenvalue weighted by Crippen LogP contribution is -2.24. The highest BCUT2D eigenvalue weighted by molar-refractivity contribution is 6.31. The smallest absolute Gasteiger partial charge is 0.251 e. The van der Waals surface area contributed by atoms with Crippen LogP contribution in [0.25, 0.3) is 11.0 Å². The predicted octanol–water partition coefficient (Wildman–Crippen LogP) is 6.16. The van der Waals surface area contributed by atoms with E-state index >= 15 is 0 Å². The van der Waals surface area contributed by atoms with Gasteiger partial charge in [-0.05, 0) is 61.4 Å². The lowest BCUT2D eigenvalue weighted by atomic mass is 10.1. The molecule has 0 bridgehead atoms. The molecule has 0 unspecified atom stereocenters. The van der Waals surface area contributed by atoms with E-state index in [2.05, 4.69) is 5.32 Å². The van der Waals surface area contributed by atoms with Crippen LogP contribution in [-0.4, -0.2) is 22.0 Å². The SMILES string of the molecule is O=C(NCCCCCc1nc2ccccc2n1Cc1c(F)cccc1Cl)c1ccc(F)cc1. The number of unbranched alkanes of at least 4 members (excludes halogenated alkanes) is 2. The highest BCUT2D eigenvalue weighted by Gasteiger charge is 2.14. The van der Waals surface area contributed by atoms with Gasteiger partial charge < -0.3 is 9.88 Å². The first kappa shape index (κ1) is 22.9. The third kappa shape index (κ3) is 5.57. The quantitative estimate of drug-likeness (QED) is 0.300. The van der Waals surface area contributed by atoms with E-state index in [0.29, 0.717) is 29.2 Å². The van der Waals surface area contributed by atoms with Crippen molar-refractivity contribution < 1.29 is 13.6 Å². The van der Waals surface area contributed by atoms with Crippen LogP contribution in [0, 0.1) is 11.6 Å². The number of para-hydroxylation sites is 2. The largest absolute Gasteiger partial charge is 0.352 e. The first-order chi connectivity index (χ1) is 16.0. The highest BCUT2D eigenvalue weighted by atomic mass is 35.5. The van der Waals surface area contributed by atoms with Crippen LogP contribution in [0.1, 0.15) is 41.0 Å². The van der Waals surface area contributed by atoms with Crippen LogP contribution in [0.3, 0.4) is 0 Å². The number of carbonyl (C=O) groups is 1. The van der Waals surface area contributed by atoms with Crippen LogP contribution in [0.15, 0.2) is 66.7 Å². The molecule has 4 nitrogen and oxygen atoms in total. The summed E-state index contributed by atoms with van der Waals surface area (Å²) in [5.41, 5.74) is 2.70. The highest BCUT2D eigenvalue weighted by Crippen LogP contribution is 2.24. The van der Waals surface area contributed by atoms with Crippen molar-refractivity contribution >= 4 is 28.5 Å². The van der Waals surface area contributed by atoms with E-state index in [1.165, 1.54) is 30.3 Å². The number of hydrogen-bond acceptors (Lipinski definition) is 2. The maximum Gasteiger partial charge on any atom is 0.251 e. The fourth-order valence-electron chi connectivity index (χ4n) is 3.82. The Labute approximate surface area is 196 Å². The van der Waals surface area contributed by atoms with Crippen molar-refractivity contribution in [3.05, 3.63) is 100 Å². The molecule has 1 aromatic heterocycles. The molecule has 0 atom stereocenters. The fourth-order valence-corrected chi connectivity index (χ4v) is 4.05. The van der Waals surface area contributed by atoms with Gasteiger partial charge in [0.15, 0.2) is 0 Å². The Morgan fingerprint density at radius 3 is 2.52 bits per heavy atom. The van der Waals surface area contributed by atoms with Gasteiger partial charge >= 0.3 is 0 Å². The van der Waals surface area contributed by atoms with Gasteiger partial charge in [0.1, 0.15) is 17.5 Å². The van der Waals surface area contributed by atoms with Crippen molar-refractivity contribution in [3.8, 4) is 0 Å². The van der Waals surface area contributed by atoms with E-state index in [9.17, 15) is 13.6 Å². The molecule has 1 heterocycles. The second-order valence-electron chi connectivity index (χ2n) is 7.88. The van der Waals surface area contributed by atoms with Gasteiger partial charge in [0.2, 0.25) is 0 Å². The summed E-state index contributed by atoms with van der Waals surface area (Å²) in [7, 11) is 0. The molecular formula is C26H24ClF2N3O. The fraction of sp³-hybridized carbons (Fsp3) is 0.231. The zero-order valence-corrected chi connectivity index (χ0v) is 18.8. The molecule has 4 aromatic rings. The van der Waals surface area contributed by atoms with Crippen LogP contribution in [0.2, 0.25) is 5.02 Å². The molecule has 0 radical (unpaired) electrons. The lowest BCUT2D eigenvalue weighted by molar-refractivity contribution is 0.0953. The number of rotatable bonds is 9. The second kappa shape index (κ2) is 10.6. The normalized spacial score (nSPS) is 11.1. The number of benzene rings is 3. The number of fused-ring (bicyclic) bond motifs is 1. The summed E-state index contributed by atoms with van der Waals surface area (Å²) in [4.78, 5) is 16.9. The average molecular weight is 468 g/mol. The van der Waals surface area contributed by atoms with Gasteiger partial charge in [-0.3, -0.25) is 4.79 Å². The number of carbonyl (C=O) groups excluding carboxylic acids is 1. The molecule has 33 heavy (non-hydrogen) atoms. The van der Waals surface area contributed by atoms with Gasteiger partial charge in [0.25, 0.3) is 5.91 Å².